The Balaban J connectivity index is 1.49. The summed E-state index contributed by atoms with van der Waals surface area (Å²) in [6.45, 7) is 8.62. The minimum absolute atomic E-state index is 0.0351. The van der Waals surface area contributed by atoms with Gasteiger partial charge in [0.1, 0.15) is 24.0 Å². The monoisotopic (exact) mass is 526 g/mol. The van der Waals surface area contributed by atoms with Crippen LogP contribution in [0.3, 0.4) is 0 Å². The van der Waals surface area contributed by atoms with Crippen LogP contribution in [0.5, 0.6) is 17.2 Å². The van der Waals surface area contributed by atoms with Crippen LogP contribution in [0.25, 0.3) is 6.08 Å². The average Bonchev–Trinajstić information content (AvgIpc) is 3.24. The number of carbonyl (C=O) groups excluding carboxylic acids is 1. The molecule has 2 aromatic rings. The molecule has 0 spiro atoms. The number of benzene rings is 2. The lowest BCUT2D eigenvalue weighted by Gasteiger charge is -2.20. The Morgan fingerprint density at radius 1 is 1.11 bits per heavy atom. The van der Waals surface area contributed by atoms with Crippen molar-refractivity contribution < 1.29 is 19.0 Å². The van der Waals surface area contributed by atoms with Crippen molar-refractivity contribution in [1.82, 2.24) is 5.01 Å². The number of aryl methyl sites for hydroxylation is 2. The molecule has 0 bridgehead atoms. The van der Waals surface area contributed by atoms with Gasteiger partial charge in [0.05, 0.1) is 17.7 Å². The van der Waals surface area contributed by atoms with Gasteiger partial charge in [-0.15, -0.1) is 0 Å². The number of aliphatic imine (C=N–C) groups is 1. The van der Waals surface area contributed by atoms with E-state index in [0.29, 0.717) is 33.9 Å². The van der Waals surface area contributed by atoms with Gasteiger partial charge in [-0.2, -0.15) is 15.1 Å². The number of ether oxygens (including phenoxy) is 3. The predicted molar refractivity (Wildman–Crippen MR) is 145 cm³/mol. The smallest absolute Gasteiger partial charge is 0.283 e. The van der Waals surface area contributed by atoms with Crippen LogP contribution in [0.4, 0.5) is 0 Å². The summed E-state index contributed by atoms with van der Waals surface area (Å²) in [5, 5.41) is 15.9. The fraction of sp³-hybridized carbons (Fsp3) is 0.308. The van der Waals surface area contributed by atoms with Crippen LogP contribution in [-0.2, 0) is 4.79 Å². The molecule has 0 fully saturated rings. The number of nitrogens with zero attached hydrogens (tertiary/aromatic N) is 3. The molecule has 0 aliphatic carbocycles. The van der Waals surface area contributed by atoms with Crippen molar-refractivity contribution in [3.63, 3.8) is 0 Å². The molecular formula is C26H27ClN4O4S. The lowest BCUT2D eigenvalue weighted by atomic mass is 10.1. The molecule has 8 nitrogen and oxygen atoms in total. The van der Waals surface area contributed by atoms with Crippen LogP contribution in [-0.4, -0.2) is 47.3 Å². The van der Waals surface area contributed by atoms with Crippen LogP contribution >= 0.6 is 23.4 Å². The molecular weight excluding hydrogens is 500 g/mol. The second kappa shape index (κ2) is 10.8. The third-order valence-electron chi connectivity index (χ3n) is 5.32. The molecule has 188 valence electrons. The Morgan fingerprint density at radius 2 is 1.81 bits per heavy atom. The number of carbonyl (C=O) groups is 1. The number of nitrogens with one attached hydrogen (secondary N) is 1. The quantitative estimate of drug-likeness (QED) is 0.350. The summed E-state index contributed by atoms with van der Waals surface area (Å²) in [4.78, 5) is 16.8. The summed E-state index contributed by atoms with van der Waals surface area (Å²) >= 11 is 7.81. The fourth-order valence-corrected chi connectivity index (χ4v) is 4.86. The number of amidine groups is 2. The van der Waals surface area contributed by atoms with E-state index < -0.39 is 5.91 Å². The fourth-order valence-electron chi connectivity index (χ4n) is 3.69. The highest BCUT2D eigenvalue weighted by atomic mass is 35.5. The Morgan fingerprint density at radius 3 is 2.47 bits per heavy atom. The van der Waals surface area contributed by atoms with Gasteiger partial charge in [-0.3, -0.25) is 10.2 Å². The van der Waals surface area contributed by atoms with Crippen LogP contribution in [0, 0.1) is 25.2 Å². The molecule has 2 heterocycles. The highest BCUT2D eigenvalue weighted by molar-refractivity contribution is 8.27. The maximum atomic E-state index is 12.7. The number of fused-ring (bicyclic) bond motifs is 1. The largest absolute Gasteiger partial charge is 0.493 e. The molecule has 4 rings (SSSR count). The highest BCUT2D eigenvalue weighted by Crippen LogP contribution is 2.38. The molecule has 0 atom stereocenters. The van der Waals surface area contributed by atoms with E-state index in [0.717, 1.165) is 21.9 Å². The number of amides is 1. The highest BCUT2D eigenvalue weighted by Gasteiger charge is 2.36. The second-order valence-corrected chi connectivity index (χ2v) is 10.1. The van der Waals surface area contributed by atoms with Crippen molar-refractivity contribution in [2.75, 3.05) is 20.3 Å². The first-order chi connectivity index (χ1) is 17.2. The predicted octanol–water partition coefficient (Wildman–Crippen LogP) is 5.70. The molecule has 2 aliphatic rings. The third kappa shape index (κ3) is 5.57. The van der Waals surface area contributed by atoms with E-state index in [4.69, 9.17) is 31.2 Å². The maximum Gasteiger partial charge on any atom is 0.283 e. The van der Waals surface area contributed by atoms with Crippen molar-refractivity contribution in [3.05, 3.63) is 57.6 Å². The topological polar surface area (TPSA) is 96.6 Å². The van der Waals surface area contributed by atoms with Gasteiger partial charge in [-0.1, -0.05) is 31.5 Å². The van der Waals surface area contributed by atoms with E-state index in [1.807, 2.05) is 39.8 Å². The van der Waals surface area contributed by atoms with Gasteiger partial charge in [0, 0.05) is 5.92 Å². The summed E-state index contributed by atoms with van der Waals surface area (Å²) in [5.74, 6) is 1.18. The zero-order valence-electron chi connectivity index (χ0n) is 20.7. The number of halogens is 1. The standard InChI is InChI=1S/C26H27ClN4O4S/c1-14(2)25-30-31-23(28)19(24(32)29-26(31)36-25)11-17-12-20(27)22(21(13-17)33-5)35-7-6-34-18-9-15(3)8-16(4)10-18/h8-14,28H,6-7H2,1-5H3/b19-11-,28-23?. The van der Waals surface area contributed by atoms with Crippen LogP contribution in [0.15, 0.2) is 46.0 Å². The van der Waals surface area contributed by atoms with Crippen LogP contribution in [0.2, 0.25) is 5.02 Å². The number of hydrogen-bond donors (Lipinski definition) is 1. The normalized spacial score (nSPS) is 16.3. The van der Waals surface area contributed by atoms with E-state index >= 15 is 0 Å². The molecule has 1 amide bonds. The molecule has 10 heteroatoms. The van der Waals surface area contributed by atoms with Gasteiger partial charge in [0.2, 0.25) is 5.17 Å². The lowest BCUT2D eigenvalue weighted by Crippen LogP contribution is -2.35. The summed E-state index contributed by atoms with van der Waals surface area (Å²) in [7, 11) is 1.51. The number of thioether (sulfide) groups is 1. The zero-order valence-corrected chi connectivity index (χ0v) is 22.3. The van der Waals surface area contributed by atoms with E-state index in [2.05, 4.69) is 16.2 Å². The van der Waals surface area contributed by atoms with Crippen molar-refractivity contribution in [3.8, 4) is 17.2 Å². The Bertz CT molecular complexity index is 1300. The Hall–Kier alpha value is -3.30. The van der Waals surface area contributed by atoms with E-state index in [-0.39, 0.29) is 23.9 Å². The molecule has 0 aromatic heterocycles. The molecule has 0 saturated carbocycles. The maximum absolute atomic E-state index is 12.7. The Labute approximate surface area is 219 Å². The molecule has 0 saturated heterocycles. The van der Waals surface area contributed by atoms with Gasteiger partial charge >= 0.3 is 0 Å². The Kier molecular flexibility index (Phi) is 7.70. The van der Waals surface area contributed by atoms with Gasteiger partial charge in [-0.25, -0.2) is 0 Å². The second-order valence-electron chi connectivity index (χ2n) is 8.67. The summed E-state index contributed by atoms with van der Waals surface area (Å²) in [5.41, 5.74) is 2.94. The number of hydrazone groups is 1. The molecule has 1 N–H and O–H groups in total. The summed E-state index contributed by atoms with van der Waals surface area (Å²) in [6, 6.07) is 9.36. The van der Waals surface area contributed by atoms with E-state index in [9.17, 15) is 4.79 Å². The van der Waals surface area contributed by atoms with Gasteiger partial charge in [-0.05, 0) is 72.6 Å². The van der Waals surface area contributed by atoms with Crippen molar-refractivity contribution >= 4 is 51.4 Å². The first kappa shape index (κ1) is 25.8. The zero-order chi connectivity index (χ0) is 26.0. The first-order valence-electron chi connectivity index (χ1n) is 11.4. The van der Waals surface area contributed by atoms with Gasteiger partial charge in [0.15, 0.2) is 17.3 Å². The van der Waals surface area contributed by atoms with Crippen LogP contribution < -0.4 is 14.2 Å². The first-order valence-corrected chi connectivity index (χ1v) is 12.6. The van der Waals surface area contributed by atoms with Gasteiger partial charge < -0.3 is 14.2 Å². The average molecular weight is 527 g/mol. The molecule has 2 aromatic carbocycles. The number of methoxy groups -OCH3 is 1. The molecule has 0 radical (unpaired) electrons. The van der Waals surface area contributed by atoms with E-state index in [1.165, 1.54) is 23.9 Å². The number of rotatable bonds is 8. The van der Waals surface area contributed by atoms with Crippen LogP contribution in [0.1, 0.15) is 30.5 Å². The molecule has 0 unspecified atom stereocenters. The van der Waals surface area contributed by atoms with Crippen molar-refractivity contribution in [2.45, 2.75) is 27.7 Å². The minimum Gasteiger partial charge on any atom is -0.493 e. The van der Waals surface area contributed by atoms with Crippen molar-refractivity contribution in [2.24, 2.45) is 16.0 Å². The van der Waals surface area contributed by atoms with Crippen molar-refractivity contribution in [1.29, 1.82) is 5.41 Å². The van der Waals surface area contributed by atoms with E-state index in [1.54, 1.807) is 18.2 Å². The SMILES string of the molecule is COc1cc(/C=C2/C(=N)N3N=C(C(C)C)SC3=NC2=O)cc(Cl)c1OCCOc1cc(C)cc(C)c1. The minimum atomic E-state index is -0.502. The molecule has 2 aliphatic heterocycles. The molecule has 36 heavy (non-hydrogen) atoms. The summed E-state index contributed by atoms with van der Waals surface area (Å²) in [6.07, 6.45) is 1.56. The van der Waals surface area contributed by atoms with Gasteiger partial charge in [0.25, 0.3) is 5.91 Å². The number of hydrogen-bond acceptors (Lipinski definition) is 7. The lowest BCUT2D eigenvalue weighted by molar-refractivity contribution is -0.114. The third-order valence-corrected chi connectivity index (χ3v) is 6.81. The summed E-state index contributed by atoms with van der Waals surface area (Å²) < 4.78 is 17.1.